The number of carbonyl (C=O) groups is 1. The first-order chi connectivity index (χ1) is 10.6. The minimum absolute atomic E-state index is 0.0576. The highest BCUT2D eigenvalue weighted by Gasteiger charge is 2.18. The van der Waals surface area contributed by atoms with Gasteiger partial charge in [-0.05, 0) is 18.1 Å². The van der Waals surface area contributed by atoms with Gasteiger partial charge in [-0.2, -0.15) is 0 Å². The van der Waals surface area contributed by atoms with E-state index < -0.39 is 0 Å². The van der Waals surface area contributed by atoms with Gasteiger partial charge in [0.2, 0.25) is 5.91 Å². The van der Waals surface area contributed by atoms with Crippen molar-refractivity contribution < 1.29 is 4.79 Å². The Bertz CT molecular complexity index is 611. The van der Waals surface area contributed by atoms with Crippen LogP contribution in [0.2, 0.25) is 0 Å². The molecule has 1 aromatic heterocycles. The van der Waals surface area contributed by atoms with Gasteiger partial charge in [-0.1, -0.05) is 43.3 Å². The van der Waals surface area contributed by atoms with E-state index in [0.717, 1.165) is 23.4 Å². The SMILES string of the molecule is CC[C@@H](C(=O)NCc1cccnc1N(C)C)c1ccccc1. The third kappa shape index (κ3) is 3.85. The molecule has 0 aliphatic rings. The molecule has 2 aromatic rings. The van der Waals surface area contributed by atoms with Crippen molar-refractivity contribution in [2.45, 2.75) is 25.8 Å². The predicted molar refractivity (Wildman–Crippen MR) is 89.9 cm³/mol. The summed E-state index contributed by atoms with van der Waals surface area (Å²) in [6.07, 6.45) is 2.54. The van der Waals surface area contributed by atoms with Gasteiger partial charge in [0.15, 0.2) is 0 Å². The molecule has 1 amide bonds. The topological polar surface area (TPSA) is 45.2 Å². The molecular formula is C18H23N3O. The molecule has 0 fully saturated rings. The Kier molecular flexibility index (Phi) is 5.53. The maximum Gasteiger partial charge on any atom is 0.227 e. The summed E-state index contributed by atoms with van der Waals surface area (Å²) in [6, 6.07) is 13.8. The molecule has 116 valence electrons. The molecule has 0 bridgehead atoms. The standard InChI is InChI=1S/C18H23N3O/c1-4-16(14-9-6-5-7-10-14)18(22)20-13-15-11-8-12-19-17(15)21(2)3/h5-12,16H,4,13H2,1-3H3,(H,20,22)/t16-/m1/s1. The highest BCUT2D eigenvalue weighted by Crippen LogP contribution is 2.20. The minimum atomic E-state index is -0.110. The van der Waals surface area contributed by atoms with Crippen LogP contribution in [0.4, 0.5) is 5.82 Å². The first kappa shape index (κ1) is 16.0. The summed E-state index contributed by atoms with van der Waals surface area (Å²) < 4.78 is 0. The summed E-state index contributed by atoms with van der Waals surface area (Å²) >= 11 is 0. The van der Waals surface area contributed by atoms with Crippen molar-refractivity contribution in [1.29, 1.82) is 0 Å². The van der Waals surface area contributed by atoms with Gasteiger partial charge >= 0.3 is 0 Å². The van der Waals surface area contributed by atoms with E-state index in [1.54, 1.807) is 6.20 Å². The molecule has 1 N–H and O–H groups in total. The van der Waals surface area contributed by atoms with Crippen molar-refractivity contribution in [3.05, 3.63) is 59.8 Å². The number of rotatable bonds is 6. The Morgan fingerprint density at radius 3 is 2.55 bits per heavy atom. The fourth-order valence-electron chi connectivity index (χ4n) is 2.53. The fourth-order valence-corrected chi connectivity index (χ4v) is 2.53. The Labute approximate surface area is 132 Å². The summed E-state index contributed by atoms with van der Waals surface area (Å²) in [6.45, 7) is 2.52. The van der Waals surface area contributed by atoms with Gasteiger partial charge in [0.25, 0.3) is 0 Å². The van der Waals surface area contributed by atoms with Gasteiger partial charge in [0.1, 0.15) is 5.82 Å². The van der Waals surface area contributed by atoms with Gasteiger partial charge in [-0.3, -0.25) is 4.79 Å². The molecule has 4 heteroatoms. The number of hydrogen-bond acceptors (Lipinski definition) is 3. The van der Waals surface area contributed by atoms with Crippen LogP contribution in [0, 0.1) is 0 Å². The largest absolute Gasteiger partial charge is 0.362 e. The summed E-state index contributed by atoms with van der Waals surface area (Å²) in [5, 5.41) is 3.04. The van der Waals surface area contributed by atoms with Crippen molar-refractivity contribution in [3.63, 3.8) is 0 Å². The molecule has 2 rings (SSSR count). The number of benzene rings is 1. The molecule has 1 aromatic carbocycles. The van der Waals surface area contributed by atoms with Crippen LogP contribution in [-0.2, 0) is 11.3 Å². The monoisotopic (exact) mass is 297 g/mol. The highest BCUT2D eigenvalue weighted by atomic mass is 16.1. The number of amides is 1. The lowest BCUT2D eigenvalue weighted by atomic mass is 9.95. The number of nitrogens with zero attached hydrogens (tertiary/aromatic N) is 2. The predicted octanol–water partition coefficient (Wildman–Crippen LogP) is 2.96. The lowest BCUT2D eigenvalue weighted by Crippen LogP contribution is -2.29. The molecule has 0 saturated carbocycles. The number of pyridine rings is 1. The Hall–Kier alpha value is -2.36. The van der Waals surface area contributed by atoms with E-state index in [0.29, 0.717) is 6.54 Å². The third-order valence-corrected chi connectivity index (χ3v) is 3.67. The lowest BCUT2D eigenvalue weighted by Gasteiger charge is -2.18. The first-order valence-electron chi connectivity index (χ1n) is 7.57. The molecule has 0 unspecified atom stereocenters. The van der Waals surface area contributed by atoms with Gasteiger partial charge in [0.05, 0.1) is 5.92 Å². The van der Waals surface area contributed by atoms with Gasteiger partial charge < -0.3 is 10.2 Å². The first-order valence-corrected chi connectivity index (χ1v) is 7.57. The maximum absolute atomic E-state index is 12.5. The zero-order valence-corrected chi connectivity index (χ0v) is 13.4. The van der Waals surface area contributed by atoms with E-state index >= 15 is 0 Å². The number of aromatic nitrogens is 1. The zero-order chi connectivity index (χ0) is 15.9. The molecule has 1 heterocycles. The van der Waals surface area contributed by atoms with Crippen LogP contribution in [0.3, 0.4) is 0 Å². The van der Waals surface area contributed by atoms with E-state index in [1.807, 2.05) is 68.4 Å². The third-order valence-electron chi connectivity index (χ3n) is 3.67. The van der Waals surface area contributed by atoms with E-state index in [1.165, 1.54) is 0 Å². The normalized spacial score (nSPS) is 11.8. The average Bonchev–Trinajstić information content (AvgIpc) is 2.55. The Morgan fingerprint density at radius 1 is 1.18 bits per heavy atom. The van der Waals surface area contributed by atoms with Crippen LogP contribution in [0.25, 0.3) is 0 Å². The second kappa shape index (κ2) is 7.59. The lowest BCUT2D eigenvalue weighted by molar-refractivity contribution is -0.122. The Morgan fingerprint density at radius 2 is 1.91 bits per heavy atom. The minimum Gasteiger partial charge on any atom is -0.362 e. The van der Waals surface area contributed by atoms with Crippen LogP contribution in [0.15, 0.2) is 48.7 Å². The van der Waals surface area contributed by atoms with Crippen LogP contribution in [-0.4, -0.2) is 25.0 Å². The molecular weight excluding hydrogens is 274 g/mol. The van der Waals surface area contributed by atoms with Crippen molar-refractivity contribution in [1.82, 2.24) is 10.3 Å². The van der Waals surface area contributed by atoms with E-state index in [2.05, 4.69) is 10.3 Å². The maximum atomic E-state index is 12.5. The molecule has 0 aliphatic carbocycles. The number of nitrogens with one attached hydrogen (secondary N) is 1. The van der Waals surface area contributed by atoms with Gasteiger partial charge in [-0.25, -0.2) is 4.98 Å². The van der Waals surface area contributed by atoms with Gasteiger partial charge in [-0.15, -0.1) is 0 Å². The van der Waals surface area contributed by atoms with Crippen LogP contribution < -0.4 is 10.2 Å². The molecule has 1 atom stereocenters. The van der Waals surface area contributed by atoms with E-state index in [-0.39, 0.29) is 11.8 Å². The van der Waals surface area contributed by atoms with Crippen molar-refractivity contribution in [3.8, 4) is 0 Å². The second-order valence-electron chi connectivity index (χ2n) is 5.47. The fraction of sp³-hybridized carbons (Fsp3) is 0.333. The molecule has 0 saturated heterocycles. The summed E-state index contributed by atoms with van der Waals surface area (Å²) in [4.78, 5) is 18.8. The number of anilines is 1. The zero-order valence-electron chi connectivity index (χ0n) is 13.4. The number of carbonyl (C=O) groups excluding carboxylic acids is 1. The summed E-state index contributed by atoms with van der Waals surface area (Å²) in [5.74, 6) is 0.832. The van der Waals surface area contributed by atoms with E-state index in [9.17, 15) is 4.79 Å². The van der Waals surface area contributed by atoms with Crippen LogP contribution >= 0.6 is 0 Å². The second-order valence-corrected chi connectivity index (χ2v) is 5.47. The van der Waals surface area contributed by atoms with Crippen molar-refractivity contribution in [2.24, 2.45) is 0 Å². The van der Waals surface area contributed by atoms with Crippen molar-refractivity contribution in [2.75, 3.05) is 19.0 Å². The highest BCUT2D eigenvalue weighted by molar-refractivity contribution is 5.83. The van der Waals surface area contributed by atoms with Crippen LogP contribution in [0.1, 0.15) is 30.4 Å². The van der Waals surface area contributed by atoms with Gasteiger partial charge in [0, 0.05) is 32.4 Å². The van der Waals surface area contributed by atoms with E-state index in [4.69, 9.17) is 0 Å². The summed E-state index contributed by atoms with van der Waals surface area (Å²) in [7, 11) is 3.90. The van der Waals surface area contributed by atoms with Crippen LogP contribution in [0.5, 0.6) is 0 Å². The molecule has 22 heavy (non-hydrogen) atoms. The van der Waals surface area contributed by atoms with Crippen molar-refractivity contribution >= 4 is 11.7 Å². The molecule has 4 nitrogen and oxygen atoms in total. The molecule has 0 spiro atoms. The molecule has 0 radical (unpaired) electrons. The Balaban J connectivity index is 2.06. The summed E-state index contributed by atoms with van der Waals surface area (Å²) in [5.41, 5.74) is 2.07. The number of hydrogen-bond donors (Lipinski definition) is 1. The quantitative estimate of drug-likeness (QED) is 0.891. The average molecular weight is 297 g/mol. The molecule has 0 aliphatic heterocycles. The smallest absolute Gasteiger partial charge is 0.227 e.